The van der Waals surface area contributed by atoms with Crippen LogP contribution in [0, 0.1) is 0 Å². The highest BCUT2D eigenvalue weighted by molar-refractivity contribution is 7.47. The first-order valence-corrected chi connectivity index (χ1v) is 32.1. The van der Waals surface area contributed by atoms with Gasteiger partial charge in [-0.3, -0.25) is 13.8 Å². The van der Waals surface area contributed by atoms with Gasteiger partial charge in [0.25, 0.3) is 0 Å². The average Bonchev–Trinajstić information content (AvgIpc) is 3.39. The molecule has 0 saturated heterocycles. The van der Waals surface area contributed by atoms with Crippen LogP contribution in [0.2, 0.25) is 0 Å². The van der Waals surface area contributed by atoms with Crippen molar-refractivity contribution in [2.45, 2.75) is 244 Å². The Balaban J connectivity index is 4.05. The molecule has 440 valence electrons. The van der Waals surface area contributed by atoms with Gasteiger partial charge in [-0.25, -0.2) is 4.57 Å². The Hall–Kier alpha value is -3.40. The molecule has 4 N–H and O–H groups in total. The second kappa shape index (κ2) is 55.9. The van der Waals surface area contributed by atoms with Crippen LogP contribution in [0.25, 0.3) is 0 Å². The number of allylic oxidation sites excluding steroid dienone is 22. The molecule has 0 bridgehead atoms. The number of phosphoric acid groups is 1. The summed E-state index contributed by atoms with van der Waals surface area (Å²) in [4.78, 5) is 23.3. The Morgan fingerprint density at radius 2 is 0.831 bits per heavy atom. The molecule has 0 heterocycles. The smallest absolute Gasteiger partial charge is 0.390 e. The molecule has 0 aromatic carbocycles. The number of phosphoric ester groups is 1. The molecule has 0 spiro atoms. The second-order valence-electron chi connectivity index (χ2n) is 21.5. The Labute approximate surface area is 473 Å². The highest BCUT2D eigenvalue weighted by atomic mass is 31.2. The fourth-order valence-electron chi connectivity index (χ4n) is 8.26. The normalized spacial score (nSPS) is 15.2. The first-order chi connectivity index (χ1) is 37.4. The predicted octanol–water partition coefficient (Wildman–Crippen LogP) is 18.1. The van der Waals surface area contributed by atoms with Gasteiger partial charge >= 0.3 is 7.82 Å². The fourth-order valence-corrected chi connectivity index (χ4v) is 8.99. The molecule has 0 aliphatic rings. The van der Waals surface area contributed by atoms with E-state index in [4.69, 9.17) is 9.05 Å². The van der Waals surface area contributed by atoms with Gasteiger partial charge in [-0.15, -0.1) is 0 Å². The van der Waals surface area contributed by atoms with E-state index in [2.05, 4.69) is 146 Å². The molecule has 0 saturated carbocycles. The molecule has 4 unspecified atom stereocenters. The van der Waals surface area contributed by atoms with Crippen LogP contribution < -0.4 is 5.32 Å². The van der Waals surface area contributed by atoms with E-state index in [1.54, 1.807) is 0 Å². The van der Waals surface area contributed by atoms with Gasteiger partial charge in [0.2, 0.25) is 5.91 Å². The summed E-state index contributed by atoms with van der Waals surface area (Å²) in [6, 6.07) is -1.07. The number of likely N-dealkylation sites (N-methyl/N-ethyl adjacent to an activating group) is 1. The lowest BCUT2D eigenvalue weighted by Gasteiger charge is -2.28. The summed E-state index contributed by atoms with van der Waals surface area (Å²) >= 11 is 0. The summed E-state index contributed by atoms with van der Waals surface area (Å²) in [5.41, 5.74) is 0. The number of rotatable bonds is 54. The molecule has 10 heteroatoms. The number of carbonyl (C=O) groups excluding carboxylic acids is 1. The van der Waals surface area contributed by atoms with E-state index in [1.165, 1.54) is 83.5 Å². The predicted molar refractivity (Wildman–Crippen MR) is 333 cm³/mol. The molecule has 0 fully saturated rings. The first kappa shape index (κ1) is 73.6. The molecular formula is C67H116N2O7P+. The summed E-state index contributed by atoms with van der Waals surface area (Å²) in [6.45, 7) is 4.23. The summed E-state index contributed by atoms with van der Waals surface area (Å²) in [7, 11) is 1.39. The Bertz CT molecular complexity index is 1730. The third-order valence-electron chi connectivity index (χ3n) is 13.0. The number of amides is 1. The quantitative estimate of drug-likeness (QED) is 0.0207. The molecule has 9 nitrogen and oxygen atoms in total. The molecule has 0 rings (SSSR count). The van der Waals surface area contributed by atoms with Crippen molar-refractivity contribution in [3.05, 3.63) is 134 Å². The zero-order chi connectivity index (χ0) is 56.4. The lowest BCUT2D eigenvalue weighted by Crippen LogP contribution is -2.51. The molecule has 0 aromatic heterocycles. The van der Waals surface area contributed by atoms with Crippen molar-refractivity contribution < 1.29 is 38.0 Å². The van der Waals surface area contributed by atoms with Crippen LogP contribution in [0.3, 0.4) is 0 Å². The number of hydrogen-bond donors (Lipinski definition) is 4. The van der Waals surface area contributed by atoms with E-state index >= 15 is 0 Å². The van der Waals surface area contributed by atoms with Gasteiger partial charge in [0.1, 0.15) is 19.3 Å². The minimum Gasteiger partial charge on any atom is -0.390 e. The molecule has 0 aromatic rings. The zero-order valence-electron chi connectivity index (χ0n) is 49.8. The van der Waals surface area contributed by atoms with Crippen molar-refractivity contribution in [3.8, 4) is 0 Å². The van der Waals surface area contributed by atoms with Crippen LogP contribution in [-0.2, 0) is 18.4 Å². The molecule has 77 heavy (non-hydrogen) atoms. The van der Waals surface area contributed by atoms with E-state index in [-0.39, 0.29) is 18.9 Å². The molecule has 0 radical (unpaired) electrons. The lowest BCUT2D eigenvalue weighted by atomic mass is 10.0. The number of hydrogen-bond acceptors (Lipinski definition) is 6. The minimum absolute atomic E-state index is 0.00740. The monoisotopic (exact) mass is 1090 g/mol. The van der Waals surface area contributed by atoms with E-state index < -0.39 is 32.7 Å². The highest BCUT2D eigenvalue weighted by Crippen LogP contribution is 2.43. The fraction of sp³-hybridized carbons (Fsp3) is 0.657. The van der Waals surface area contributed by atoms with Gasteiger partial charge in [0.15, 0.2) is 0 Å². The van der Waals surface area contributed by atoms with E-state index in [1.807, 2.05) is 28.1 Å². The van der Waals surface area contributed by atoms with Crippen molar-refractivity contribution in [1.82, 2.24) is 5.32 Å². The van der Waals surface area contributed by atoms with Crippen molar-refractivity contribution in [2.24, 2.45) is 0 Å². The standard InChI is InChI=1S/C67H115N2O7P/c1-6-8-10-12-14-16-18-20-21-22-23-24-25-26-27-28-29-30-31-32-33-34-35-36-37-38-39-40-41-42-43-44-45-46-47-48-50-52-54-56-58-60-66(71)68-64(63-76-77(73,74)75-62-61-69(3,4)5)67(72)65(70)59-57-55-53-51-49-19-17-15-13-11-9-7-2/h7-10,14-17,20-21,23-24,26-27,29-30,32-33,35-36,51,53,64-65,67,70,72H,6,11-13,18-19,22,25,28,31,34,37-50,52,54-63H2,1-5H3,(H-,68,71,73,74)/p+1/b9-7+,10-8-,16-14-,17-15+,21-20-,24-23-,27-26-,30-29-,33-32-,36-35-,53-51+. The van der Waals surface area contributed by atoms with Gasteiger partial charge in [0, 0.05) is 6.42 Å². The maximum absolute atomic E-state index is 13.0. The summed E-state index contributed by atoms with van der Waals surface area (Å²) in [5.74, 6) is -0.279. The van der Waals surface area contributed by atoms with Crippen molar-refractivity contribution in [2.75, 3.05) is 40.9 Å². The van der Waals surface area contributed by atoms with Crippen molar-refractivity contribution in [3.63, 3.8) is 0 Å². The first-order valence-electron chi connectivity index (χ1n) is 30.6. The van der Waals surface area contributed by atoms with Crippen LogP contribution in [-0.4, -0.2) is 84.6 Å². The number of carbonyl (C=O) groups is 1. The van der Waals surface area contributed by atoms with Gasteiger partial charge in [-0.05, 0) is 122 Å². The topological polar surface area (TPSA) is 125 Å². The van der Waals surface area contributed by atoms with E-state index in [9.17, 15) is 24.5 Å². The number of aliphatic hydroxyl groups is 2. The number of quaternary nitrogens is 1. The second-order valence-corrected chi connectivity index (χ2v) is 22.9. The maximum atomic E-state index is 13.0. The van der Waals surface area contributed by atoms with Gasteiger partial charge in [-0.2, -0.15) is 0 Å². The van der Waals surface area contributed by atoms with Crippen molar-refractivity contribution in [1.29, 1.82) is 0 Å². The van der Waals surface area contributed by atoms with Gasteiger partial charge in [0.05, 0.1) is 39.9 Å². The molecule has 0 aliphatic heterocycles. The van der Waals surface area contributed by atoms with Crippen LogP contribution in [0.15, 0.2) is 134 Å². The number of nitrogens with zero attached hydrogens (tertiary/aromatic N) is 1. The Kier molecular flexibility index (Phi) is 53.4. The number of nitrogens with one attached hydrogen (secondary N) is 1. The van der Waals surface area contributed by atoms with Crippen LogP contribution in [0.1, 0.15) is 226 Å². The molecule has 1 amide bonds. The third-order valence-corrected chi connectivity index (χ3v) is 14.0. The average molecular weight is 1090 g/mol. The SMILES string of the molecule is C/C=C/CC/C=C/CC/C=C/CCCC(O)C(O)C(COP(=O)(O)OCC[N+](C)(C)C)NC(=O)CCCCCCCCCCCCCCCCCC/C=C\C/C=C\C/C=C\C/C=C\C/C=C\C/C=C\C/C=C\C/C=C\CC. The Morgan fingerprint density at radius 1 is 0.481 bits per heavy atom. The van der Waals surface area contributed by atoms with Crippen LogP contribution in [0.5, 0.6) is 0 Å². The molecule has 4 atom stereocenters. The number of unbranched alkanes of at least 4 members (excludes halogenated alkanes) is 19. The van der Waals surface area contributed by atoms with Crippen LogP contribution in [0.4, 0.5) is 0 Å². The van der Waals surface area contributed by atoms with Crippen LogP contribution >= 0.6 is 7.82 Å². The Morgan fingerprint density at radius 3 is 1.25 bits per heavy atom. The lowest BCUT2D eigenvalue weighted by molar-refractivity contribution is -0.870. The molecule has 0 aliphatic carbocycles. The van der Waals surface area contributed by atoms with Crippen molar-refractivity contribution >= 4 is 13.7 Å². The minimum atomic E-state index is -4.44. The van der Waals surface area contributed by atoms with E-state index in [0.717, 1.165) is 103 Å². The number of aliphatic hydroxyl groups excluding tert-OH is 2. The third kappa shape index (κ3) is 57.1. The van der Waals surface area contributed by atoms with Gasteiger partial charge in [-0.1, -0.05) is 230 Å². The summed E-state index contributed by atoms with van der Waals surface area (Å²) < 4.78 is 23.6. The van der Waals surface area contributed by atoms with Gasteiger partial charge < -0.3 is 24.9 Å². The summed E-state index contributed by atoms with van der Waals surface area (Å²) in [6.07, 6.45) is 81.5. The summed E-state index contributed by atoms with van der Waals surface area (Å²) in [5, 5.41) is 24.8. The zero-order valence-corrected chi connectivity index (χ0v) is 50.7. The molecular weight excluding hydrogens is 976 g/mol. The largest absolute Gasteiger partial charge is 0.472 e. The highest BCUT2D eigenvalue weighted by Gasteiger charge is 2.31. The maximum Gasteiger partial charge on any atom is 0.472 e. The van der Waals surface area contributed by atoms with E-state index in [0.29, 0.717) is 30.3 Å².